The minimum Gasteiger partial charge on any atom is -0.464 e. The number of esters is 1. The molecule has 6 nitrogen and oxygen atoms in total. The summed E-state index contributed by atoms with van der Waals surface area (Å²) in [6.07, 6.45) is 8.06. The van der Waals surface area contributed by atoms with Crippen molar-refractivity contribution in [2.75, 3.05) is 0 Å². The Morgan fingerprint density at radius 3 is 2.61 bits per heavy atom. The standard InChI is InChI=1S/C27H29NO5/c1-15-11-12-22-18(13-15)26(30)19(14-32-22)24-23(27(31)33-17-7-4-3-5-8-17)16(2)28-20-9-6-10-21(29)25(20)24/h11-14,17,24-25H,3-10H2,1-2H3/t24-,25?/m0/s1. The molecule has 0 bridgehead atoms. The summed E-state index contributed by atoms with van der Waals surface area (Å²) in [4.78, 5) is 44.9. The van der Waals surface area contributed by atoms with Gasteiger partial charge in [-0.15, -0.1) is 0 Å². The van der Waals surface area contributed by atoms with Gasteiger partial charge >= 0.3 is 5.97 Å². The second-order valence-corrected chi connectivity index (χ2v) is 9.56. The molecule has 2 aromatic rings. The van der Waals surface area contributed by atoms with Crippen LogP contribution in [-0.4, -0.2) is 23.6 Å². The third-order valence-electron chi connectivity index (χ3n) is 7.24. The van der Waals surface area contributed by atoms with Crippen LogP contribution in [0.25, 0.3) is 11.0 Å². The fourth-order valence-electron chi connectivity index (χ4n) is 5.59. The van der Waals surface area contributed by atoms with Crippen molar-refractivity contribution >= 4 is 28.4 Å². The molecule has 1 aromatic carbocycles. The summed E-state index contributed by atoms with van der Waals surface area (Å²) < 4.78 is 11.7. The van der Waals surface area contributed by atoms with E-state index < -0.39 is 17.8 Å². The van der Waals surface area contributed by atoms with Crippen LogP contribution in [-0.2, 0) is 14.3 Å². The maximum absolute atomic E-state index is 13.6. The Morgan fingerprint density at radius 2 is 1.82 bits per heavy atom. The molecule has 0 spiro atoms. The van der Waals surface area contributed by atoms with E-state index in [2.05, 4.69) is 4.99 Å². The van der Waals surface area contributed by atoms with Gasteiger partial charge in [-0.3, -0.25) is 14.6 Å². The van der Waals surface area contributed by atoms with Gasteiger partial charge < -0.3 is 9.15 Å². The summed E-state index contributed by atoms with van der Waals surface area (Å²) in [6.45, 7) is 3.69. The van der Waals surface area contributed by atoms with Gasteiger partial charge in [0.05, 0.1) is 23.1 Å². The van der Waals surface area contributed by atoms with Crippen molar-refractivity contribution in [3.8, 4) is 0 Å². The van der Waals surface area contributed by atoms with Gasteiger partial charge in [0.2, 0.25) is 0 Å². The molecule has 33 heavy (non-hydrogen) atoms. The maximum atomic E-state index is 13.6. The van der Waals surface area contributed by atoms with Gasteiger partial charge in [0, 0.05) is 29.3 Å². The van der Waals surface area contributed by atoms with E-state index in [1.54, 1.807) is 19.1 Å². The van der Waals surface area contributed by atoms with Crippen LogP contribution in [0.3, 0.4) is 0 Å². The van der Waals surface area contributed by atoms with Crippen molar-refractivity contribution in [2.45, 2.75) is 77.2 Å². The van der Waals surface area contributed by atoms with Crippen molar-refractivity contribution in [1.29, 1.82) is 0 Å². The highest BCUT2D eigenvalue weighted by Crippen LogP contribution is 2.43. The molecular formula is C27H29NO5. The minimum atomic E-state index is -0.734. The highest BCUT2D eigenvalue weighted by Gasteiger charge is 2.45. The smallest absolute Gasteiger partial charge is 0.336 e. The van der Waals surface area contributed by atoms with Crippen molar-refractivity contribution in [3.05, 3.63) is 57.1 Å². The number of Topliss-reactive ketones (excluding diaryl/α,β-unsaturated/α-hetero) is 1. The van der Waals surface area contributed by atoms with Gasteiger partial charge in [0.1, 0.15) is 17.5 Å². The summed E-state index contributed by atoms with van der Waals surface area (Å²) in [5.74, 6) is -1.80. The number of allylic oxidation sites excluding steroid dienone is 1. The van der Waals surface area contributed by atoms with E-state index in [4.69, 9.17) is 9.15 Å². The van der Waals surface area contributed by atoms with Gasteiger partial charge in [-0.05, 0) is 64.5 Å². The van der Waals surface area contributed by atoms with E-state index in [-0.39, 0.29) is 17.3 Å². The lowest BCUT2D eigenvalue weighted by Gasteiger charge is -2.35. The van der Waals surface area contributed by atoms with Gasteiger partial charge in [-0.25, -0.2) is 4.79 Å². The normalized spacial score (nSPS) is 23.9. The number of hydrogen-bond acceptors (Lipinski definition) is 6. The third kappa shape index (κ3) is 3.96. The molecule has 2 fully saturated rings. The van der Waals surface area contributed by atoms with Crippen LogP contribution in [0, 0.1) is 12.8 Å². The fraction of sp³-hybridized carbons (Fsp3) is 0.481. The van der Waals surface area contributed by atoms with E-state index in [1.165, 1.54) is 6.26 Å². The number of aliphatic imine (C=N–C) groups is 1. The first-order chi connectivity index (χ1) is 15.9. The van der Waals surface area contributed by atoms with Gasteiger partial charge in [0.15, 0.2) is 5.43 Å². The molecular weight excluding hydrogens is 418 g/mol. The van der Waals surface area contributed by atoms with Crippen LogP contribution in [0.4, 0.5) is 0 Å². The van der Waals surface area contributed by atoms with Crippen molar-refractivity contribution < 1.29 is 18.7 Å². The predicted molar refractivity (Wildman–Crippen MR) is 125 cm³/mol. The first-order valence-corrected chi connectivity index (χ1v) is 12.0. The molecule has 0 amide bonds. The molecule has 172 valence electrons. The topological polar surface area (TPSA) is 85.9 Å². The van der Waals surface area contributed by atoms with Crippen LogP contribution in [0.15, 0.2) is 49.9 Å². The molecule has 6 heteroatoms. The number of carbonyl (C=O) groups excluding carboxylic acids is 2. The van der Waals surface area contributed by atoms with Gasteiger partial charge in [-0.2, -0.15) is 0 Å². The van der Waals surface area contributed by atoms with E-state index in [1.807, 2.05) is 13.0 Å². The number of carbonyl (C=O) groups is 2. The monoisotopic (exact) mass is 447 g/mol. The Kier molecular flexibility index (Phi) is 5.77. The molecule has 2 atom stereocenters. The fourth-order valence-corrected chi connectivity index (χ4v) is 5.59. The first-order valence-electron chi connectivity index (χ1n) is 12.0. The number of nitrogens with zero attached hydrogens (tertiary/aromatic N) is 1. The SMILES string of the molecule is CC1=C(C(=O)OC2CCCCC2)[C@H](c2coc3ccc(C)cc3c2=O)C2C(=O)CCCC2=N1. The number of aryl methyl sites for hydroxylation is 1. The van der Waals surface area contributed by atoms with Crippen molar-refractivity contribution in [3.63, 3.8) is 0 Å². The molecule has 0 saturated heterocycles. The second-order valence-electron chi connectivity index (χ2n) is 9.56. The summed E-state index contributed by atoms with van der Waals surface area (Å²) in [5.41, 5.74) is 3.16. The van der Waals surface area contributed by atoms with E-state index >= 15 is 0 Å². The minimum absolute atomic E-state index is 0.0178. The Bertz CT molecular complexity index is 1240. The average molecular weight is 448 g/mol. The Balaban J connectivity index is 1.64. The van der Waals surface area contributed by atoms with Crippen molar-refractivity contribution in [2.24, 2.45) is 10.9 Å². The molecule has 3 aliphatic rings. The molecule has 0 radical (unpaired) electrons. The first kappa shape index (κ1) is 21.8. The largest absolute Gasteiger partial charge is 0.464 e. The average Bonchev–Trinajstić information content (AvgIpc) is 2.80. The molecule has 0 N–H and O–H groups in total. The molecule has 1 unspecified atom stereocenters. The molecule has 1 aliphatic heterocycles. The summed E-state index contributed by atoms with van der Waals surface area (Å²) in [7, 11) is 0. The zero-order valence-electron chi connectivity index (χ0n) is 19.2. The zero-order chi connectivity index (χ0) is 23.1. The second kappa shape index (κ2) is 8.73. The number of ketones is 1. The molecule has 1 aromatic heterocycles. The summed E-state index contributed by atoms with van der Waals surface area (Å²) >= 11 is 0. The van der Waals surface area contributed by atoms with Gasteiger partial charge in [0.25, 0.3) is 0 Å². The van der Waals surface area contributed by atoms with Crippen LogP contribution in [0.1, 0.15) is 75.3 Å². The number of fused-ring (bicyclic) bond motifs is 2. The van der Waals surface area contributed by atoms with E-state index in [0.29, 0.717) is 40.6 Å². The Labute approximate surface area is 192 Å². The van der Waals surface area contributed by atoms with E-state index in [9.17, 15) is 14.4 Å². The lowest BCUT2D eigenvalue weighted by atomic mass is 9.69. The molecule has 2 aliphatic carbocycles. The van der Waals surface area contributed by atoms with Gasteiger partial charge in [-0.1, -0.05) is 18.1 Å². The number of rotatable bonds is 3. The number of hydrogen-bond donors (Lipinski definition) is 0. The van der Waals surface area contributed by atoms with Crippen LogP contribution < -0.4 is 5.43 Å². The van der Waals surface area contributed by atoms with Crippen molar-refractivity contribution in [1.82, 2.24) is 0 Å². The van der Waals surface area contributed by atoms with Crippen LogP contribution in [0.2, 0.25) is 0 Å². The van der Waals surface area contributed by atoms with Crippen LogP contribution in [0.5, 0.6) is 0 Å². The highest BCUT2D eigenvalue weighted by molar-refractivity contribution is 6.11. The quantitative estimate of drug-likeness (QED) is 0.607. The molecule has 5 rings (SSSR count). The Hall–Kier alpha value is -3.02. The third-order valence-corrected chi connectivity index (χ3v) is 7.24. The predicted octanol–water partition coefficient (Wildman–Crippen LogP) is 5.16. The summed E-state index contributed by atoms with van der Waals surface area (Å²) in [5, 5.41) is 0.456. The van der Waals surface area contributed by atoms with E-state index in [0.717, 1.165) is 49.8 Å². The zero-order valence-corrected chi connectivity index (χ0v) is 19.2. The summed E-state index contributed by atoms with van der Waals surface area (Å²) in [6, 6.07) is 5.45. The number of ether oxygens (including phenoxy) is 1. The highest BCUT2D eigenvalue weighted by atomic mass is 16.5. The Morgan fingerprint density at radius 1 is 1.03 bits per heavy atom. The molecule has 2 heterocycles. The lowest BCUT2D eigenvalue weighted by molar-refractivity contribution is -0.146. The van der Waals surface area contributed by atoms with Crippen LogP contribution >= 0.6 is 0 Å². The maximum Gasteiger partial charge on any atom is 0.336 e. The lowest BCUT2D eigenvalue weighted by Crippen LogP contribution is -2.41. The number of benzene rings is 1. The molecule has 2 saturated carbocycles.